The highest BCUT2D eigenvalue weighted by Gasteiger charge is 2.45. The van der Waals surface area contributed by atoms with E-state index in [0.717, 1.165) is 10.9 Å². The summed E-state index contributed by atoms with van der Waals surface area (Å²) in [6.45, 7) is -0.767. The zero-order chi connectivity index (χ0) is 22.8. The number of carboxylic acid groups (broad SMARTS) is 2. The third-order valence-electron chi connectivity index (χ3n) is 4.05. The van der Waals surface area contributed by atoms with Crippen molar-refractivity contribution in [3.05, 3.63) is 12.0 Å². The molecule has 30 heavy (non-hydrogen) atoms. The third kappa shape index (κ3) is 5.51. The summed E-state index contributed by atoms with van der Waals surface area (Å²) in [6.07, 6.45) is -6.03. The standard InChI is InChI=1S/C13H19N4O12P/c14-10-7(11(22)16-4(13(23)24)1-6(18)19)15-3-17(10)12-9(21)8(20)5(29-12)2-28-30(25,26)27/h3-5,8-9,12,20-21H,1-2,14H2,(H,16,22)(H,18,19)(H,23,24)(H2,25,26,27)/t4-,5+,8-,9?,12?/m0/s1. The van der Waals surface area contributed by atoms with Crippen LogP contribution in [-0.4, -0.2) is 88.6 Å². The molecule has 0 saturated carbocycles. The van der Waals surface area contributed by atoms with Crippen molar-refractivity contribution >= 4 is 31.5 Å². The molecular formula is C13H19N4O12P. The zero-order valence-electron chi connectivity index (χ0n) is 14.9. The molecule has 1 aliphatic heterocycles. The summed E-state index contributed by atoms with van der Waals surface area (Å²) in [4.78, 5) is 55.1. The molecule has 0 aliphatic carbocycles. The van der Waals surface area contributed by atoms with E-state index in [2.05, 4.69) is 9.51 Å². The van der Waals surface area contributed by atoms with Crippen LogP contribution in [0.2, 0.25) is 0 Å². The van der Waals surface area contributed by atoms with Crippen molar-refractivity contribution in [1.82, 2.24) is 14.9 Å². The third-order valence-corrected chi connectivity index (χ3v) is 4.53. The first kappa shape index (κ1) is 23.7. The second kappa shape index (κ2) is 9.05. The highest BCUT2D eigenvalue weighted by molar-refractivity contribution is 7.46. The lowest BCUT2D eigenvalue weighted by molar-refractivity contribution is -0.145. The number of nitrogens with zero attached hydrogens (tertiary/aromatic N) is 2. The molecule has 9 N–H and O–H groups in total. The number of rotatable bonds is 9. The lowest BCUT2D eigenvalue weighted by atomic mass is 10.1. The van der Waals surface area contributed by atoms with Crippen molar-refractivity contribution < 1.29 is 58.4 Å². The minimum Gasteiger partial charge on any atom is -0.481 e. The van der Waals surface area contributed by atoms with Crippen LogP contribution in [0.5, 0.6) is 0 Å². The smallest absolute Gasteiger partial charge is 0.469 e. The Morgan fingerprint density at radius 3 is 2.47 bits per heavy atom. The zero-order valence-corrected chi connectivity index (χ0v) is 15.8. The molecule has 1 amide bonds. The molecule has 0 spiro atoms. The molecule has 168 valence electrons. The number of anilines is 1. The van der Waals surface area contributed by atoms with Gasteiger partial charge in [-0.25, -0.2) is 14.3 Å². The Kier molecular flexibility index (Phi) is 7.14. The summed E-state index contributed by atoms with van der Waals surface area (Å²) in [6, 6.07) is -1.76. The van der Waals surface area contributed by atoms with Crippen LogP contribution in [0.4, 0.5) is 5.82 Å². The predicted octanol–water partition coefficient (Wildman–Crippen LogP) is -3.15. The van der Waals surface area contributed by atoms with E-state index in [-0.39, 0.29) is 0 Å². The van der Waals surface area contributed by atoms with Crippen LogP contribution in [-0.2, 0) is 23.4 Å². The largest absolute Gasteiger partial charge is 0.481 e. The van der Waals surface area contributed by atoms with Crippen molar-refractivity contribution in [1.29, 1.82) is 0 Å². The summed E-state index contributed by atoms with van der Waals surface area (Å²) in [5.74, 6) is -4.61. The van der Waals surface area contributed by atoms with E-state index in [1.54, 1.807) is 0 Å². The molecule has 2 heterocycles. The average molecular weight is 454 g/mol. The summed E-state index contributed by atoms with van der Waals surface area (Å²) >= 11 is 0. The second-order valence-electron chi connectivity index (χ2n) is 6.18. The molecule has 0 radical (unpaired) electrons. The summed E-state index contributed by atoms with van der Waals surface area (Å²) < 4.78 is 21.2. The first-order chi connectivity index (χ1) is 13.8. The minimum absolute atomic E-state index is 0.417. The summed E-state index contributed by atoms with van der Waals surface area (Å²) in [5, 5.41) is 39.7. The molecule has 0 aromatic carbocycles. The maximum atomic E-state index is 12.2. The number of amides is 1. The number of nitrogens with two attached hydrogens (primary N) is 1. The van der Waals surface area contributed by atoms with Gasteiger partial charge in [0.15, 0.2) is 11.9 Å². The summed E-state index contributed by atoms with van der Waals surface area (Å²) in [7, 11) is -4.87. The molecule has 16 nitrogen and oxygen atoms in total. The molecule has 1 aromatic heterocycles. The fourth-order valence-corrected chi connectivity index (χ4v) is 2.96. The van der Waals surface area contributed by atoms with Crippen LogP contribution < -0.4 is 11.1 Å². The number of aromatic nitrogens is 2. The van der Waals surface area contributed by atoms with E-state index < -0.39 is 80.8 Å². The van der Waals surface area contributed by atoms with Crippen LogP contribution in [0.3, 0.4) is 0 Å². The average Bonchev–Trinajstić information content (AvgIpc) is 3.12. The van der Waals surface area contributed by atoms with Gasteiger partial charge in [0.2, 0.25) is 0 Å². The van der Waals surface area contributed by atoms with E-state index in [1.807, 2.05) is 5.32 Å². The lowest BCUT2D eigenvalue weighted by Gasteiger charge is -2.18. The van der Waals surface area contributed by atoms with E-state index >= 15 is 0 Å². The van der Waals surface area contributed by atoms with Gasteiger partial charge < -0.3 is 46.0 Å². The quantitative estimate of drug-likeness (QED) is 0.171. The van der Waals surface area contributed by atoms with Gasteiger partial charge in [-0.1, -0.05) is 0 Å². The van der Waals surface area contributed by atoms with Crippen molar-refractivity contribution in [2.45, 2.75) is 37.0 Å². The number of carbonyl (C=O) groups is 3. The van der Waals surface area contributed by atoms with Gasteiger partial charge >= 0.3 is 19.8 Å². The van der Waals surface area contributed by atoms with Crippen molar-refractivity contribution in [3.63, 3.8) is 0 Å². The van der Waals surface area contributed by atoms with Crippen LogP contribution in [0.25, 0.3) is 0 Å². The molecular weight excluding hydrogens is 435 g/mol. The molecule has 1 saturated heterocycles. The number of nitrogen functional groups attached to an aromatic ring is 1. The number of imidazole rings is 1. The first-order valence-electron chi connectivity index (χ1n) is 8.11. The fraction of sp³-hybridized carbons (Fsp3) is 0.538. The monoisotopic (exact) mass is 454 g/mol. The number of carbonyl (C=O) groups excluding carboxylic acids is 1. The van der Waals surface area contributed by atoms with Crippen molar-refractivity contribution in [2.24, 2.45) is 0 Å². The lowest BCUT2D eigenvalue weighted by Crippen LogP contribution is -2.42. The molecule has 1 aromatic rings. The Bertz CT molecular complexity index is 868. The van der Waals surface area contributed by atoms with Crippen LogP contribution in [0.1, 0.15) is 23.1 Å². The number of ether oxygens (including phenoxy) is 1. The van der Waals surface area contributed by atoms with E-state index in [0.29, 0.717) is 0 Å². The number of hydrogen-bond donors (Lipinski definition) is 8. The van der Waals surface area contributed by atoms with Gasteiger partial charge in [-0.2, -0.15) is 0 Å². The number of nitrogens with one attached hydrogen (secondary N) is 1. The Balaban J connectivity index is 2.16. The Morgan fingerprint density at radius 1 is 1.30 bits per heavy atom. The molecule has 1 aliphatic rings. The van der Waals surface area contributed by atoms with Gasteiger partial charge in [-0.05, 0) is 0 Å². The Labute approximate surface area is 167 Å². The highest BCUT2D eigenvalue weighted by atomic mass is 31.2. The van der Waals surface area contributed by atoms with Gasteiger partial charge in [0.1, 0.15) is 30.2 Å². The number of phosphoric ester groups is 1. The van der Waals surface area contributed by atoms with Crippen LogP contribution >= 0.6 is 7.82 Å². The number of aliphatic carboxylic acids is 2. The molecule has 17 heteroatoms. The van der Waals surface area contributed by atoms with E-state index in [9.17, 15) is 29.2 Å². The number of phosphoric acid groups is 1. The van der Waals surface area contributed by atoms with Gasteiger partial charge in [-0.3, -0.25) is 18.7 Å². The Morgan fingerprint density at radius 2 is 1.93 bits per heavy atom. The number of hydrogen-bond acceptors (Lipinski definition) is 10. The van der Waals surface area contributed by atoms with Crippen molar-refractivity contribution in [2.75, 3.05) is 12.3 Å². The second-order valence-corrected chi connectivity index (χ2v) is 7.42. The number of aliphatic hydroxyl groups excluding tert-OH is 2. The molecule has 0 bridgehead atoms. The minimum atomic E-state index is -4.87. The molecule has 2 rings (SSSR count). The number of carboxylic acids is 2. The van der Waals surface area contributed by atoms with Crippen molar-refractivity contribution in [3.8, 4) is 0 Å². The predicted molar refractivity (Wildman–Crippen MR) is 91.7 cm³/mol. The van der Waals surface area contributed by atoms with Crippen LogP contribution in [0, 0.1) is 0 Å². The van der Waals surface area contributed by atoms with Crippen LogP contribution in [0.15, 0.2) is 6.33 Å². The van der Waals surface area contributed by atoms with Gasteiger partial charge in [0.05, 0.1) is 19.4 Å². The highest BCUT2D eigenvalue weighted by Crippen LogP contribution is 2.38. The maximum Gasteiger partial charge on any atom is 0.469 e. The normalized spacial score (nSPS) is 25.1. The van der Waals surface area contributed by atoms with Gasteiger partial charge in [-0.15, -0.1) is 0 Å². The fourth-order valence-electron chi connectivity index (χ4n) is 2.62. The van der Waals surface area contributed by atoms with E-state index in [4.69, 9.17) is 30.5 Å². The molecule has 1 fully saturated rings. The summed E-state index contributed by atoms with van der Waals surface area (Å²) in [5.41, 5.74) is 5.27. The maximum absolute atomic E-state index is 12.2. The number of aliphatic hydroxyl groups is 2. The first-order valence-corrected chi connectivity index (χ1v) is 9.64. The van der Waals surface area contributed by atoms with Gasteiger partial charge in [0.25, 0.3) is 5.91 Å². The molecule has 5 atom stereocenters. The Hall–Kier alpha value is -2.59. The SMILES string of the molecule is Nc1c(C(=O)N[C@@H](CC(=O)O)C(=O)O)ncn1C1O[C@H](COP(=O)(O)O)[C@H](O)C1O. The molecule has 2 unspecified atom stereocenters. The van der Waals surface area contributed by atoms with E-state index in [1.165, 1.54) is 0 Å². The topological polar surface area (TPSA) is 264 Å². The van der Waals surface area contributed by atoms with Gasteiger partial charge in [0, 0.05) is 0 Å².